The molecular weight excluding hydrogens is 330 g/mol. The van der Waals surface area contributed by atoms with Gasteiger partial charge in [-0.05, 0) is 65.9 Å². The van der Waals surface area contributed by atoms with Crippen molar-refractivity contribution in [3.8, 4) is 5.75 Å². The van der Waals surface area contributed by atoms with E-state index < -0.39 is 0 Å². The number of hydrogen-bond acceptors (Lipinski definition) is 3. The minimum absolute atomic E-state index is 0.268. The van der Waals surface area contributed by atoms with Crippen LogP contribution in [0.4, 0.5) is 0 Å². The molecule has 0 aliphatic heterocycles. The minimum atomic E-state index is 0.268. The number of rotatable bonds is 7. The summed E-state index contributed by atoms with van der Waals surface area (Å²) in [5.74, 6) is 0.941. The van der Waals surface area contributed by atoms with Gasteiger partial charge in [0.2, 0.25) is 0 Å². The molecule has 2 atom stereocenters. The van der Waals surface area contributed by atoms with E-state index in [1.807, 2.05) is 0 Å². The lowest BCUT2D eigenvalue weighted by Crippen LogP contribution is -2.29. The summed E-state index contributed by atoms with van der Waals surface area (Å²) in [5, 5.41) is 3.41. The van der Waals surface area contributed by atoms with Crippen LogP contribution in [0, 0.1) is 0 Å². The Morgan fingerprint density at radius 3 is 2.81 bits per heavy atom. The van der Waals surface area contributed by atoms with Gasteiger partial charge in [-0.2, -0.15) is 0 Å². The van der Waals surface area contributed by atoms with Crippen LogP contribution in [0.3, 0.4) is 0 Å². The van der Waals surface area contributed by atoms with E-state index in [1.165, 1.54) is 12.0 Å². The lowest BCUT2D eigenvalue weighted by Gasteiger charge is -2.29. The molecule has 118 valence electrons. The van der Waals surface area contributed by atoms with E-state index in [-0.39, 0.29) is 6.10 Å². The highest BCUT2D eigenvalue weighted by molar-refractivity contribution is 9.10. The van der Waals surface area contributed by atoms with Crippen LogP contribution in [0.2, 0.25) is 0 Å². The van der Waals surface area contributed by atoms with Gasteiger partial charge in [-0.25, -0.2) is 0 Å². The highest BCUT2D eigenvalue weighted by atomic mass is 79.9. The van der Waals surface area contributed by atoms with Crippen molar-refractivity contribution in [1.29, 1.82) is 0 Å². The number of hydrogen-bond donors (Lipinski definition) is 1. The van der Waals surface area contributed by atoms with Gasteiger partial charge in [-0.3, -0.25) is 0 Å². The van der Waals surface area contributed by atoms with E-state index in [9.17, 15) is 0 Å². The Morgan fingerprint density at radius 1 is 1.29 bits per heavy atom. The number of ether oxygens (including phenoxy) is 2. The molecule has 0 heterocycles. The van der Waals surface area contributed by atoms with E-state index in [0.29, 0.717) is 6.10 Å². The number of methoxy groups -OCH3 is 1. The van der Waals surface area contributed by atoms with E-state index in [1.54, 1.807) is 7.11 Å². The topological polar surface area (TPSA) is 30.5 Å². The summed E-state index contributed by atoms with van der Waals surface area (Å²) in [7, 11) is 1.79. The van der Waals surface area contributed by atoms with E-state index >= 15 is 0 Å². The Kier molecular flexibility index (Phi) is 7.00. The Bertz CT molecular complexity index is 439. The lowest BCUT2D eigenvalue weighted by atomic mass is 9.95. The Hall–Kier alpha value is -0.580. The highest BCUT2D eigenvalue weighted by Gasteiger charge is 2.23. The van der Waals surface area contributed by atoms with Crippen molar-refractivity contribution < 1.29 is 9.47 Å². The van der Waals surface area contributed by atoms with Gasteiger partial charge in [0.05, 0.1) is 10.6 Å². The molecule has 1 aliphatic carbocycles. The quantitative estimate of drug-likeness (QED) is 0.740. The van der Waals surface area contributed by atoms with Crippen LogP contribution in [0.25, 0.3) is 0 Å². The first-order valence-corrected chi connectivity index (χ1v) is 8.70. The summed E-state index contributed by atoms with van der Waals surface area (Å²) in [4.78, 5) is 0. The predicted molar refractivity (Wildman–Crippen MR) is 89.8 cm³/mol. The molecule has 1 fully saturated rings. The molecule has 0 aromatic heterocycles. The first-order valence-electron chi connectivity index (χ1n) is 7.91. The Morgan fingerprint density at radius 2 is 2.10 bits per heavy atom. The second kappa shape index (κ2) is 8.76. The maximum Gasteiger partial charge on any atom is 0.133 e. The van der Waals surface area contributed by atoms with Crippen molar-refractivity contribution in [3.63, 3.8) is 0 Å². The highest BCUT2D eigenvalue weighted by Crippen LogP contribution is 2.31. The van der Waals surface area contributed by atoms with E-state index in [2.05, 4.69) is 46.4 Å². The standard InChI is InChI=1S/C17H26BrNO2/c1-3-9-19-12-13-7-8-17(16(18)10-13)21-15-6-4-5-14(11-15)20-2/h7-8,10,14-15,19H,3-6,9,11-12H2,1-2H3. The second-order valence-corrected chi connectivity index (χ2v) is 6.56. The minimum Gasteiger partial charge on any atom is -0.489 e. The molecule has 1 aromatic carbocycles. The molecule has 1 aliphatic rings. The van der Waals surface area contributed by atoms with Crippen molar-refractivity contribution >= 4 is 15.9 Å². The summed E-state index contributed by atoms with van der Waals surface area (Å²) < 4.78 is 12.7. The first kappa shape index (κ1) is 16.8. The van der Waals surface area contributed by atoms with Crippen molar-refractivity contribution in [2.24, 2.45) is 0 Å². The zero-order valence-corrected chi connectivity index (χ0v) is 14.6. The van der Waals surface area contributed by atoms with E-state index in [0.717, 1.165) is 49.0 Å². The zero-order chi connectivity index (χ0) is 15.1. The van der Waals surface area contributed by atoms with E-state index in [4.69, 9.17) is 9.47 Å². The van der Waals surface area contributed by atoms with Gasteiger partial charge >= 0.3 is 0 Å². The average molecular weight is 356 g/mol. The average Bonchev–Trinajstić information content (AvgIpc) is 2.50. The first-order chi connectivity index (χ1) is 10.2. The SMILES string of the molecule is CCCNCc1ccc(OC2CCCC(OC)C2)c(Br)c1. The summed E-state index contributed by atoms with van der Waals surface area (Å²) >= 11 is 3.63. The molecule has 3 nitrogen and oxygen atoms in total. The summed E-state index contributed by atoms with van der Waals surface area (Å²) in [5.41, 5.74) is 1.28. The molecule has 21 heavy (non-hydrogen) atoms. The Balaban J connectivity index is 1.91. The third-order valence-corrected chi connectivity index (χ3v) is 4.58. The lowest BCUT2D eigenvalue weighted by molar-refractivity contribution is 0.0207. The van der Waals surface area contributed by atoms with Gasteiger partial charge in [0.1, 0.15) is 11.9 Å². The van der Waals surface area contributed by atoms with Crippen LogP contribution >= 0.6 is 15.9 Å². The molecule has 1 N–H and O–H groups in total. The maximum absolute atomic E-state index is 6.15. The van der Waals surface area contributed by atoms with Gasteiger partial charge in [0, 0.05) is 20.1 Å². The normalized spacial score (nSPS) is 22.2. The fourth-order valence-electron chi connectivity index (χ4n) is 2.76. The van der Waals surface area contributed by atoms with Gasteiger partial charge in [-0.15, -0.1) is 0 Å². The molecule has 0 amide bonds. The third-order valence-electron chi connectivity index (χ3n) is 3.96. The molecule has 4 heteroatoms. The summed E-state index contributed by atoms with van der Waals surface area (Å²) in [6.45, 7) is 4.13. The van der Waals surface area contributed by atoms with Crippen molar-refractivity contribution in [3.05, 3.63) is 28.2 Å². The number of halogens is 1. The van der Waals surface area contributed by atoms with Gasteiger partial charge in [0.15, 0.2) is 0 Å². The van der Waals surface area contributed by atoms with Gasteiger partial charge in [0.25, 0.3) is 0 Å². The Labute approximate surface area is 136 Å². The monoisotopic (exact) mass is 355 g/mol. The smallest absolute Gasteiger partial charge is 0.133 e. The van der Waals surface area contributed by atoms with Crippen molar-refractivity contribution in [2.45, 2.75) is 57.8 Å². The molecule has 2 unspecified atom stereocenters. The fourth-order valence-corrected chi connectivity index (χ4v) is 3.28. The molecule has 0 radical (unpaired) electrons. The molecule has 0 spiro atoms. The molecule has 0 saturated heterocycles. The van der Waals surface area contributed by atoms with Crippen LogP contribution in [0.1, 0.15) is 44.6 Å². The van der Waals surface area contributed by atoms with Crippen LogP contribution < -0.4 is 10.1 Å². The molecular formula is C17H26BrNO2. The molecule has 1 saturated carbocycles. The maximum atomic E-state index is 6.15. The fraction of sp³-hybridized carbons (Fsp3) is 0.647. The van der Waals surface area contributed by atoms with Gasteiger partial charge < -0.3 is 14.8 Å². The van der Waals surface area contributed by atoms with Gasteiger partial charge in [-0.1, -0.05) is 13.0 Å². The van der Waals surface area contributed by atoms with Crippen LogP contribution in [0.15, 0.2) is 22.7 Å². The summed E-state index contributed by atoms with van der Waals surface area (Å²) in [6, 6.07) is 6.36. The van der Waals surface area contributed by atoms with Crippen molar-refractivity contribution in [2.75, 3.05) is 13.7 Å². The molecule has 2 rings (SSSR count). The van der Waals surface area contributed by atoms with Crippen LogP contribution in [-0.2, 0) is 11.3 Å². The predicted octanol–water partition coefficient (Wildman–Crippen LogP) is 4.29. The summed E-state index contributed by atoms with van der Waals surface area (Å²) in [6.07, 6.45) is 6.21. The molecule has 1 aromatic rings. The third kappa shape index (κ3) is 5.28. The van der Waals surface area contributed by atoms with Crippen LogP contribution in [-0.4, -0.2) is 25.9 Å². The number of nitrogens with one attached hydrogen (secondary N) is 1. The largest absolute Gasteiger partial charge is 0.489 e. The molecule has 0 bridgehead atoms. The second-order valence-electron chi connectivity index (χ2n) is 5.71. The zero-order valence-electron chi connectivity index (χ0n) is 13.0. The number of benzene rings is 1. The van der Waals surface area contributed by atoms with Crippen molar-refractivity contribution in [1.82, 2.24) is 5.32 Å². The van der Waals surface area contributed by atoms with Crippen LogP contribution in [0.5, 0.6) is 5.75 Å².